The molecule has 0 atom stereocenters. The summed E-state index contributed by atoms with van der Waals surface area (Å²) in [5.74, 6) is 0.660. The van der Waals surface area contributed by atoms with E-state index >= 15 is 0 Å². The van der Waals surface area contributed by atoms with Crippen LogP contribution in [-0.2, 0) is 26.0 Å². The molecule has 1 heterocycles. The van der Waals surface area contributed by atoms with Crippen molar-refractivity contribution in [1.82, 2.24) is 4.98 Å². The molecule has 0 saturated heterocycles. The van der Waals surface area contributed by atoms with Gasteiger partial charge in [-0.3, -0.25) is 0 Å². The fourth-order valence-corrected chi connectivity index (χ4v) is 2.72. The average Bonchev–Trinajstić information content (AvgIpc) is 2.99. The number of rotatable bonds is 4. The highest BCUT2D eigenvalue weighted by Crippen LogP contribution is 2.25. The van der Waals surface area contributed by atoms with E-state index in [1.54, 1.807) is 0 Å². The molecule has 3 rings (SSSR count). The van der Waals surface area contributed by atoms with E-state index in [2.05, 4.69) is 16.4 Å². The second-order valence-electron chi connectivity index (χ2n) is 5.29. The molecule has 0 saturated carbocycles. The lowest BCUT2D eigenvalue weighted by Crippen LogP contribution is -2.06. The molecule has 21 heavy (non-hydrogen) atoms. The minimum atomic E-state index is 0.0361. The lowest BCUT2D eigenvalue weighted by atomic mass is 10.1. The summed E-state index contributed by atoms with van der Waals surface area (Å²) in [5, 5.41) is 21.7. The molecule has 1 aromatic carbocycles. The first-order valence-corrected chi connectivity index (χ1v) is 7.15. The molecular formula is C17H17N3O. The summed E-state index contributed by atoms with van der Waals surface area (Å²) in [6, 6.07) is 11.9. The third-order valence-corrected chi connectivity index (χ3v) is 3.81. The monoisotopic (exact) mass is 279 g/mol. The van der Waals surface area contributed by atoms with Crippen molar-refractivity contribution in [3.8, 4) is 6.07 Å². The predicted octanol–water partition coefficient (Wildman–Crippen LogP) is 2.55. The zero-order chi connectivity index (χ0) is 14.7. The first-order valence-electron chi connectivity index (χ1n) is 7.15. The molecule has 1 aromatic heterocycles. The zero-order valence-electron chi connectivity index (χ0n) is 11.8. The van der Waals surface area contributed by atoms with E-state index in [4.69, 9.17) is 5.11 Å². The van der Waals surface area contributed by atoms with E-state index in [-0.39, 0.29) is 6.61 Å². The number of nitrogens with one attached hydrogen (secondary N) is 1. The van der Waals surface area contributed by atoms with Crippen molar-refractivity contribution >= 4 is 5.82 Å². The number of anilines is 1. The third kappa shape index (κ3) is 2.88. The SMILES string of the molecule is N#Cc1cc2c(nc1NCc1cccc(CO)c1)CCC2. The second-order valence-corrected chi connectivity index (χ2v) is 5.29. The third-order valence-electron chi connectivity index (χ3n) is 3.81. The normalized spacial score (nSPS) is 12.8. The van der Waals surface area contributed by atoms with Crippen molar-refractivity contribution in [2.24, 2.45) is 0 Å². The number of hydrogen-bond donors (Lipinski definition) is 2. The van der Waals surface area contributed by atoms with E-state index in [0.717, 1.165) is 36.1 Å². The molecule has 4 heteroatoms. The molecule has 2 N–H and O–H groups in total. The largest absolute Gasteiger partial charge is 0.392 e. The van der Waals surface area contributed by atoms with Crippen LogP contribution in [0.4, 0.5) is 5.82 Å². The Bertz CT molecular complexity index is 704. The second kappa shape index (κ2) is 5.94. The van der Waals surface area contributed by atoms with Gasteiger partial charge in [0.25, 0.3) is 0 Å². The van der Waals surface area contributed by atoms with Crippen LogP contribution in [0.15, 0.2) is 30.3 Å². The summed E-state index contributed by atoms with van der Waals surface area (Å²) in [4.78, 5) is 4.60. The van der Waals surface area contributed by atoms with E-state index in [1.165, 1.54) is 5.56 Å². The fourth-order valence-electron chi connectivity index (χ4n) is 2.72. The molecular weight excluding hydrogens is 262 g/mol. The highest BCUT2D eigenvalue weighted by atomic mass is 16.3. The van der Waals surface area contributed by atoms with E-state index in [1.807, 2.05) is 30.3 Å². The van der Waals surface area contributed by atoms with Gasteiger partial charge in [0.1, 0.15) is 11.9 Å². The summed E-state index contributed by atoms with van der Waals surface area (Å²) in [6.07, 6.45) is 3.14. The Morgan fingerprint density at radius 1 is 1.24 bits per heavy atom. The smallest absolute Gasteiger partial charge is 0.144 e. The Kier molecular flexibility index (Phi) is 3.85. The van der Waals surface area contributed by atoms with Crippen LogP contribution >= 0.6 is 0 Å². The number of fused-ring (bicyclic) bond motifs is 1. The van der Waals surface area contributed by atoms with Gasteiger partial charge in [0.15, 0.2) is 0 Å². The number of nitriles is 1. The van der Waals surface area contributed by atoms with Crippen molar-refractivity contribution in [3.63, 3.8) is 0 Å². The van der Waals surface area contributed by atoms with Gasteiger partial charge in [0.05, 0.1) is 12.2 Å². The van der Waals surface area contributed by atoms with E-state index < -0.39 is 0 Å². The maximum atomic E-state index is 9.27. The molecule has 0 spiro atoms. The average molecular weight is 279 g/mol. The zero-order valence-corrected chi connectivity index (χ0v) is 11.8. The van der Waals surface area contributed by atoms with Gasteiger partial charge in [-0.2, -0.15) is 5.26 Å². The molecule has 0 amide bonds. The lowest BCUT2D eigenvalue weighted by Gasteiger charge is -2.10. The van der Waals surface area contributed by atoms with Crippen molar-refractivity contribution in [1.29, 1.82) is 5.26 Å². The van der Waals surface area contributed by atoms with Crippen LogP contribution in [-0.4, -0.2) is 10.1 Å². The summed E-state index contributed by atoms with van der Waals surface area (Å²) in [7, 11) is 0. The van der Waals surface area contributed by atoms with Crippen LogP contribution < -0.4 is 5.32 Å². The maximum Gasteiger partial charge on any atom is 0.144 e. The molecule has 2 aromatic rings. The van der Waals surface area contributed by atoms with Crippen molar-refractivity contribution in [3.05, 3.63) is 58.3 Å². The van der Waals surface area contributed by atoms with Gasteiger partial charge in [-0.25, -0.2) is 4.98 Å². The van der Waals surface area contributed by atoms with Gasteiger partial charge in [-0.15, -0.1) is 0 Å². The number of aliphatic hydroxyl groups excluding tert-OH is 1. The van der Waals surface area contributed by atoms with E-state index in [9.17, 15) is 5.26 Å². The molecule has 1 aliphatic rings. The minimum Gasteiger partial charge on any atom is -0.392 e. The minimum absolute atomic E-state index is 0.0361. The van der Waals surface area contributed by atoms with Crippen LogP contribution in [0.5, 0.6) is 0 Å². The number of benzene rings is 1. The maximum absolute atomic E-state index is 9.27. The fraction of sp³-hybridized carbons (Fsp3) is 0.294. The molecule has 0 aliphatic heterocycles. The van der Waals surface area contributed by atoms with E-state index in [0.29, 0.717) is 17.9 Å². The Labute approximate surface area is 124 Å². The number of aromatic nitrogens is 1. The Hall–Kier alpha value is -2.38. The van der Waals surface area contributed by atoms with Crippen molar-refractivity contribution in [2.75, 3.05) is 5.32 Å². The predicted molar refractivity (Wildman–Crippen MR) is 80.7 cm³/mol. The van der Waals surface area contributed by atoms with Gasteiger partial charge in [-0.1, -0.05) is 24.3 Å². The molecule has 1 aliphatic carbocycles. The number of aryl methyl sites for hydroxylation is 2. The number of hydrogen-bond acceptors (Lipinski definition) is 4. The first-order chi connectivity index (χ1) is 10.3. The van der Waals surface area contributed by atoms with Crippen LogP contribution in [0.2, 0.25) is 0 Å². The van der Waals surface area contributed by atoms with Crippen molar-refractivity contribution < 1.29 is 5.11 Å². The molecule has 0 fully saturated rings. The summed E-state index contributed by atoms with van der Waals surface area (Å²) in [5.41, 5.74) is 4.87. The Morgan fingerprint density at radius 3 is 2.90 bits per heavy atom. The van der Waals surface area contributed by atoms with Crippen LogP contribution in [0.25, 0.3) is 0 Å². The van der Waals surface area contributed by atoms with Gasteiger partial charge in [0, 0.05) is 12.2 Å². The Balaban J connectivity index is 1.80. The molecule has 0 bridgehead atoms. The number of pyridine rings is 1. The lowest BCUT2D eigenvalue weighted by molar-refractivity contribution is 0.281. The topological polar surface area (TPSA) is 68.9 Å². The molecule has 0 radical (unpaired) electrons. The highest BCUT2D eigenvalue weighted by Gasteiger charge is 2.16. The standard InChI is InChI=1S/C17H17N3O/c18-9-15-8-14-5-2-6-16(14)20-17(15)19-10-12-3-1-4-13(7-12)11-21/h1,3-4,7-8,21H,2,5-6,10-11H2,(H,19,20). The number of aliphatic hydroxyl groups is 1. The first kappa shape index (κ1) is 13.6. The highest BCUT2D eigenvalue weighted by molar-refractivity contribution is 5.55. The summed E-state index contributed by atoms with van der Waals surface area (Å²) in [6.45, 7) is 0.628. The summed E-state index contributed by atoms with van der Waals surface area (Å²) < 4.78 is 0. The van der Waals surface area contributed by atoms with Gasteiger partial charge < -0.3 is 10.4 Å². The van der Waals surface area contributed by atoms with Gasteiger partial charge in [0.2, 0.25) is 0 Å². The molecule has 4 nitrogen and oxygen atoms in total. The molecule has 106 valence electrons. The quantitative estimate of drug-likeness (QED) is 0.902. The van der Waals surface area contributed by atoms with Crippen molar-refractivity contribution in [2.45, 2.75) is 32.4 Å². The number of nitrogens with zero attached hydrogens (tertiary/aromatic N) is 2. The summed E-state index contributed by atoms with van der Waals surface area (Å²) >= 11 is 0. The molecule has 0 unspecified atom stereocenters. The van der Waals surface area contributed by atoms with Crippen LogP contribution in [0.1, 0.15) is 34.4 Å². The Morgan fingerprint density at radius 2 is 2.10 bits per heavy atom. The van der Waals surface area contributed by atoms with Crippen LogP contribution in [0, 0.1) is 11.3 Å². The van der Waals surface area contributed by atoms with Gasteiger partial charge >= 0.3 is 0 Å². The van der Waals surface area contributed by atoms with Gasteiger partial charge in [-0.05, 0) is 42.0 Å². The van der Waals surface area contributed by atoms with Crippen LogP contribution in [0.3, 0.4) is 0 Å².